The van der Waals surface area contributed by atoms with E-state index in [1.807, 2.05) is 48.5 Å². The third kappa shape index (κ3) is 3.23. The molecule has 2 aromatic carbocycles. The largest absolute Gasteiger partial charge is 0.490 e. The molecule has 0 aromatic heterocycles. The molecular formula is C20H21NO3. The van der Waals surface area contributed by atoms with Gasteiger partial charge < -0.3 is 14.8 Å². The first-order chi connectivity index (χ1) is 11.8. The van der Waals surface area contributed by atoms with E-state index in [1.54, 1.807) is 0 Å². The Morgan fingerprint density at radius 1 is 1.08 bits per heavy atom. The van der Waals surface area contributed by atoms with E-state index in [0.717, 1.165) is 35.6 Å². The van der Waals surface area contributed by atoms with Crippen molar-refractivity contribution >= 4 is 11.6 Å². The molecule has 2 aromatic rings. The third-order valence-electron chi connectivity index (χ3n) is 4.65. The Bertz CT molecular complexity index is 712. The van der Waals surface area contributed by atoms with Gasteiger partial charge >= 0.3 is 0 Å². The summed E-state index contributed by atoms with van der Waals surface area (Å²) >= 11 is 0. The minimum absolute atomic E-state index is 0.121. The van der Waals surface area contributed by atoms with Crippen molar-refractivity contribution in [2.45, 2.75) is 44.3 Å². The van der Waals surface area contributed by atoms with E-state index in [4.69, 9.17) is 9.47 Å². The standard InChI is InChI=1S/C20H21NO3/c22-20(19-12-14-6-1-4-11-18(14)24-19)21-15-7-5-10-17(13-15)23-16-8-2-3-9-16/h1,4-7,10-11,13,16,19H,2-3,8-9,12H2,(H,21,22)/t19-/m1/s1. The van der Waals surface area contributed by atoms with Crippen LogP contribution in [0.25, 0.3) is 0 Å². The van der Waals surface area contributed by atoms with Gasteiger partial charge in [-0.05, 0) is 49.4 Å². The Hall–Kier alpha value is -2.49. The van der Waals surface area contributed by atoms with Gasteiger partial charge in [-0.1, -0.05) is 24.3 Å². The maximum Gasteiger partial charge on any atom is 0.265 e. The number of carbonyl (C=O) groups excluding carboxylic acids is 1. The van der Waals surface area contributed by atoms with Crippen LogP contribution >= 0.6 is 0 Å². The van der Waals surface area contributed by atoms with Crippen LogP contribution in [0.15, 0.2) is 48.5 Å². The number of nitrogens with one attached hydrogen (secondary N) is 1. The Labute approximate surface area is 141 Å². The predicted octanol–water partition coefficient (Wildman–Crippen LogP) is 3.95. The summed E-state index contributed by atoms with van der Waals surface area (Å²) in [5, 5.41) is 2.94. The molecule has 4 heteroatoms. The van der Waals surface area contributed by atoms with E-state index in [-0.39, 0.29) is 5.91 Å². The number of amides is 1. The number of carbonyl (C=O) groups is 1. The number of benzene rings is 2. The van der Waals surface area contributed by atoms with Crippen LogP contribution in [0.3, 0.4) is 0 Å². The van der Waals surface area contributed by atoms with Crippen molar-refractivity contribution in [1.29, 1.82) is 0 Å². The zero-order valence-corrected chi connectivity index (χ0v) is 13.5. The van der Waals surface area contributed by atoms with E-state index in [1.165, 1.54) is 12.8 Å². The predicted molar refractivity (Wildman–Crippen MR) is 92.5 cm³/mol. The second kappa shape index (κ2) is 6.56. The van der Waals surface area contributed by atoms with E-state index >= 15 is 0 Å². The molecule has 1 amide bonds. The molecule has 1 N–H and O–H groups in total. The van der Waals surface area contributed by atoms with Gasteiger partial charge in [0.05, 0.1) is 6.10 Å². The molecule has 1 aliphatic carbocycles. The highest BCUT2D eigenvalue weighted by atomic mass is 16.5. The Morgan fingerprint density at radius 2 is 1.92 bits per heavy atom. The fraction of sp³-hybridized carbons (Fsp3) is 0.350. The average Bonchev–Trinajstić information content (AvgIpc) is 3.24. The van der Waals surface area contributed by atoms with Gasteiger partial charge in [-0.15, -0.1) is 0 Å². The molecule has 0 spiro atoms. The van der Waals surface area contributed by atoms with Crippen LogP contribution in [0.1, 0.15) is 31.2 Å². The topological polar surface area (TPSA) is 47.6 Å². The molecule has 0 saturated heterocycles. The van der Waals surface area contributed by atoms with Gasteiger partial charge in [0.25, 0.3) is 5.91 Å². The summed E-state index contributed by atoms with van der Waals surface area (Å²) in [5.41, 5.74) is 1.83. The Balaban J connectivity index is 1.39. The highest BCUT2D eigenvalue weighted by Gasteiger charge is 2.28. The second-order valence-corrected chi connectivity index (χ2v) is 6.46. The van der Waals surface area contributed by atoms with E-state index < -0.39 is 6.10 Å². The zero-order chi connectivity index (χ0) is 16.4. The number of ether oxygens (including phenoxy) is 2. The third-order valence-corrected chi connectivity index (χ3v) is 4.65. The zero-order valence-electron chi connectivity index (χ0n) is 13.5. The minimum atomic E-state index is -0.471. The van der Waals surface area contributed by atoms with Gasteiger partial charge in [0.2, 0.25) is 0 Å². The maximum absolute atomic E-state index is 12.5. The smallest absolute Gasteiger partial charge is 0.265 e. The molecule has 1 atom stereocenters. The molecule has 1 aliphatic heterocycles. The van der Waals surface area contributed by atoms with Crippen molar-refractivity contribution in [3.63, 3.8) is 0 Å². The molecule has 0 radical (unpaired) electrons. The number of rotatable bonds is 4. The summed E-state index contributed by atoms with van der Waals surface area (Å²) in [6.45, 7) is 0. The average molecular weight is 323 g/mol. The van der Waals surface area contributed by atoms with Crippen LogP contribution in [-0.4, -0.2) is 18.1 Å². The lowest BCUT2D eigenvalue weighted by Crippen LogP contribution is -2.31. The monoisotopic (exact) mass is 323 g/mol. The Morgan fingerprint density at radius 3 is 2.75 bits per heavy atom. The first-order valence-corrected chi connectivity index (χ1v) is 8.60. The van der Waals surface area contributed by atoms with Gasteiger partial charge in [-0.3, -0.25) is 4.79 Å². The maximum atomic E-state index is 12.5. The van der Waals surface area contributed by atoms with Crippen LogP contribution in [0, 0.1) is 0 Å². The first-order valence-electron chi connectivity index (χ1n) is 8.60. The summed E-state index contributed by atoms with van der Waals surface area (Å²) in [5.74, 6) is 1.50. The van der Waals surface area contributed by atoms with Crippen molar-refractivity contribution in [1.82, 2.24) is 0 Å². The second-order valence-electron chi connectivity index (χ2n) is 6.46. The first kappa shape index (κ1) is 15.1. The fourth-order valence-electron chi connectivity index (χ4n) is 3.40. The lowest BCUT2D eigenvalue weighted by molar-refractivity contribution is -0.122. The van der Waals surface area contributed by atoms with E-state index in [0.29, 0.717) is 12.5 Å². The van der Waals surface area contributed by atoms with Gasteiger partial charge in [-0.2, -0.15) is 0 Å². The van der Waals surface area contributed by atoms with Gasteiger partial charge in [0.1, 0.15) is 11.5 Å². The van der Waals surface area contributed by atoms with Crippen LogP contribution < -0.4 is 14.8 Å². The summed E-state index contributed by atoms with van der Waals surface area (Å²) in [6, 6.07) is 15.4. The van der Waals surface area contributed by atoms with Crippen molar-refractivity contribution in [3.05, 3.63) is 54.1 Å². The van der Waals surface area contributed by atoms with Crippen LogP contribution in [-0.2, 0) is 11.2 Å². The normalized spacial score (nSPS) is 19.6. The number of hydrogen-bond acceptors (Lipinski definition) is 3. The summed E-state index contributed by atoms with van der Waals surface area (Å²) in [6.07, 6.45) is 5.15. The molecular weight excluding hydrogens is 302 g/mol. The van der Waals surface area contributed by atoms with Crippen molar-refractivity contribution < 1.29 is 14.3 Å². The van der Waals surface area contributed by atoms with Gasteiger partial charge in [0, 0.05) is 18.2 Å². The molecule has 24 heavy (non-hydrogen) atoms. The van der Waals surface area contributed by atoms with E-state index in [2.05, 4.69) is 5.32 Å². The Kier molecular flexibility index (Phi) is 4.11. The van der Waals surface area contributed by atoms with Gasteiger partial charge in [-0.25, -0.2) is 0 Å². The van der Waals surface area contributed by atoms with Crippen LogP contribution in [0.2, 0.25) is 0 Å². The number of hydrogen-bond donors (Lipinski definition) is 1. The highest BCUT2D eigenvalue weighted by Crippen LogP contribution is 2.29. The summed E-state index contributed by atoms with van der Waals surface area (Å²) in [4.78, 5) is 12.5. The summed E-state index contributed by atoms with van der Waals surface area (Å²) in [7, 11) is 0. The quantitative estimate of drug-likeness (QED) is 0.927. The molecule has 4 rings (SSSR count). The molecule has 0 bridgehead atoms. The molecule has 0 unspecified atom stereocenters. The molecule has 1 heterocycles. The van der Waals surface area contributed by atoms with Crippen molar-refractivity contribution in [2.75, 3.05) is 5.32 Å². The minimum Gasteiger partial charge on any atom is -0.490 e. The molecule has 1 saturated carbocycles. The molecule has 124 valence electrons. The SMILES string of the molecule is O=C(Nc1cccc(OC2CCCC2)c1)[C@H]1Cc2ccccc2O1. The van der Waals surface area contributed by atoms with Gasteiger partial charge in [0.15, 0.2) is 6.10 Å². The van der Waals surface area contributed by atoms with Crippen molar-refractivity contribution in [2.24, 2.45) is 0 Å². The molecule has 2 aliphatic rings. The van der Waals surface area contributed by atoms with Crippen molar-refractivity contribution in [3.8, 4) is 11.5 Å². The van der Waals surface area contributed by atoms with E-state index in [9.17, 15) is 4.79 Å². The van der Waals surface area contributed by atoms with Crippen LogP contribution in [0.4, 0.5) is 5.69 Å². The summed E-state index contributed by atoms with van der Waals surface area (Å²) < 4.78 is 11.7. The molecule has 1 fully saturated rings. The number of para-hydroxylation sites is 1. The van der Waals surface area contributed by atoms with Crippen LogP contribution in [0.5, 0.6) is 11.5 Å². The number of anilines is 1. The number of fused-ring (bicyclic) bond motifs is 1. The lowest BCUT2D eigenvalue weighted by Gasteiger charge is -2.15. The fourth-order valence-corrected chi connectivity index (χ4v) is 3.40. The molecule has 4 nitrogen and oxygen atoms in total. The lowest BCUT2D eigenvalue weighted by atomic mass is 10.1. The highest BCUT2D eigenvalue weighted by molar-refractivity contribution is 5.95.